The van der Waals surface area contributed by atoms with E-state index in [0.29, 0.717) is 5.56 Å². The molecule has 3 nitrogen and oxygen atoms in total. The topological polar surface area (TPSA) is 57.2 Å². The van der Waals surface area contributed by atoms with Gasteiger partial charge in [-0.15, -0.1) is 0 Å². The zero-order valence-electron chi connectivity index (χ0n) is 7.86. The van der Waals surface area contributed by atoms with E-state index in [1.54, 1.807) is 24.3 Å². The highest BCUT2D eigenvalue weighted by Crippen LogP contribution is 2.12. The summed E-state index contributed by atoms with van der Waals surface area (Å²) in [4.78, 5) is 11.2. The van der Waals surface area contributed by atoms with Gasteiger partial charge in [0.15, 0.2) is 0 Å². The molecule has 1 rings (SSSR count). The lowest BCUT2D eigenvalue weighted by Gasteiger charge is -2.08. The van der Waals surface area contributed by atoms with Crippen molar-refractivity contribution in [3.63, 3.8) is 0 Å². The number of benzene rings is 1. The van der Waals surface area contributed by atoms with Gasteiger partial charge in [-0.25, -0.2) is 0 Å². The maximum Gasteiger partial charge on any atom is 0.236 e. The lowest BCUT2D eigenvalue weighted by molar-refractivity contribution is 0.107. The molecule has 0 aliphatic rings. The quantitative estimate of drug-likeness (QED) is 0.714. The van der Waals surface area contributed by atoms with Crippen LogP contribution < -0.4 is 0 Å². The zero-order chi connectivity index (χ0) is 10.6. The molecule has 0 aliphatic heterocycles. The SMILES string of the molecule is CCCc1ccccc1C(=O)S(=O)[O-]. The fourth-order valence-corrected chi connectivity index (χ4v) is 1.68. The first-order valence-corrected chi connectivity index (χ1v) is 5.45. The van der Waals surface area contributed by atoms with Gasteiger partial charge in [0.05, 0.1) is 0 Å². The Morgan fingerprint density at radius 3 is 2.64 bits per heavy atom. The van der Waals surface area contributed by atoms with Crippen molar-refractivity contribution in [2.24, 2.45) is 0 Å². The van der Waals surface area contributed by atoms with Crippen LogP contribution in [0.15, 0.2) is 24.3 Å². The molecule has 0 bridgehead atoms. The molecule has 0 saturated heterocycles. The molecule has 0 fully saturated rings. The molecule has 0 aliphatic carbocycles. The van der Waals surface area contributed by atoms with E-state index in [-0.39, 0.29) is 0 Å². The third-order valence-electron chi connectivity index (χ3n) is 1.91. The van der Waals surface area contributed by atoms with Crippen LogP contribution >= 0.6 is 0 Å². The smallest absolute Gasteiger partial charge is 0.236 e. The Morgan fingerprint density at radius 2 is 2.07 bits per heavy atom. The first kappa shape index (κ1) is 11.1. The van der Waals surface area contributed by atoms with Gasteiger partial charge in [-0.1, -0.05) is 37.6 Å². The number of hydrogen-bond acceptors (Lipinski definition) is 3. The number of aryl methyl sites for hydroxylation is 1. The second-order valence-electron chi connectivity index (χ2n) is 2.93. The summed E-state index contributed by atoms with van der Waals surface area (Å²) in [5.41, 5.74) is 1.09. The zero-order valence-corrected chi connectivity index (χ0v) is 8.67. The molecule has 1 aromatic rings. The van der Waals surface area contributed by atoms with Crippen LogP contribution in [0.4, 0.5) is 0 Å². The third-order valence-corrected chi connectivity index (χ3v) is 2.43. The van der Waals surface area contributed by atoms with Gasteiger partial charge in [-0.05, 0) is 12.0 Å². The molecule has 0 amide bonds. The molecule has 1 unspecified atom stereocenters. The van der Waals surface area contributed by atoms with Crippen molar-refractivity contribution in [3.05, 3.63) is 35.4 Å². The largest absolute Gasteiger partial charge is 0.766 e. The van der Waals surface area contributed by atoms with E-state index in [1.807, 2.05) is 6.92 Å². The predicted octanol–water partition coefficient (Wildman–Crippen LogP) is 1.66. The highest BCUT2D eigenvalue weighted by atomic mass is 32.2. The van der Waals surface area contributed by atoms with E-state index >= 15 is 0 Å². The fraction of sp³-hybridized carbons (Fsp3) is 0.300. The molecule has 0 spiro atoms. The van der Waals surface area contributed by atoms with Crippen molar-refractivity contribution >= 4 is 16.2 Å². The van der Waals surface area contributed by atoms with Crippen LogP contribution in [0.2, 0.25) is 0 Å². The maximum atomic E-state index is 11.2. The van der Waals surface area contributed by atoms with Crippen LogP contribution in [0.25, 0.3) is 0 Å². The number of carbonyl (C=O) groups excluding carboxylic acids is 1. The van der Waals surface area contributed by atoms with Crippen LogP contribution in [-0.4, -0.2) is 13.9 Å². The van der Waals surface area contributed by atoms with Crippen molar-refractivity contribution in [3.8, 4) is 0 Å². The fourth-order valence-electron chi connectivity index (χ4n) is 1.30. The van der Waals surface area contributed by atoms with Gasteiger partial charge in [-0.3, -0.25) is 9.00 Å². The molecule has 0 N–H and O–H groups in total. The lowest BCUT2D eigenvalue weighted by atomic mass is 10.0. The first-order valence-electron chi connectivity index (χ1n) is 4.38. The normalized spacial score (nSPS) is 12.4. The molecular formula is C10H11O3S-. The Balaban J connectivity index is 3.06. The van der Waals surface area contributed by atoms with E-state index in [9.17, 15) is 13.6 Å². The van der Waals surface area contributed by atoms with Gasteiger partial charge in [0, 0.05) is 16.6 Å². The predicted molar refractivity (Wildman–Crippen MR) is 53.7 cm³/mol. The van der Waals surface area contributed by atoms with E-state index in [1.165, 1.54) is 0 Å². The minimum atomic E-state index is -2.66. The summed E-state index contributed by atoms with van der Waals surface area (Å²) in [5.74, 6) is 0. The highest BCUT2D eigenvalue weighted by Gasteiger charge is 2.10. The summed E-state index contributed by atoms with van der Waals surface area (Å²) in [6, 6.07) is 6.79. The molecular weight excluding hydrogens is 200 g/mol. The van der Waals surface area contributed by atoms with Crippen LogP contribution in [-0.2, 0) is 17.5 Å². The molecule has 14 heavy (non-hydrogen) atoms. The van der Waals surface area contributed by atoms with Crippen molar-refractivity contribution in [2.45, 2.75) is 19.8 Å². The summed E-state index contributed by atoms with van der Waals surface area (Å²) in [7, 11) is 0. The second-order valence-corrected chi connectivity index (χ2v) is 3.77. The molecule has 0 heterocycles. The average Bonchev–Trinajstić information content (AvgIpc) is 2.18. The van der Waals surface area contributed by atoms with Crippen molar-refractivity contribution in [1.82, 2.24) is 0 Å². The maximum absolute atomic E-state index is 11.2. The third kappa shape index (κ3) is 2.49. The minimum Gasteiger partial charge on any atom is -0.766 e. The molecule has 0 aromatic heterocycles. The second kappa shape index (κ2) is 5.02. The standard InChI is InChI=1S/C10H12O3S/c1-2-5-8-6-3-4-7-9(8)10(11)14(12)13/h3-4,6-7H,2,5H2,1H3,(H,12,13)/p-1. The Kier molecular flexibility index (Phi) is 3.98. The molecule has 76 valence electrons. The van der Waals surface area contributed by atoms with Crippen LogP contribution in [0.5, 0.6) is 0 Å². The van der Waals surface area contributed by atoms with E-state index in [2.05, 4.69) is 0 Å². The summed E-state index contributed by atoms with van der Waals surface area (Å²) in [6.07, 6.45) is 1.61. The van der Waals surface area contributed by atoms with Crippen molar-refractivity contribution < 1.29 is 13.6 Å². The Hall–Kier alpha value is -1.00. The van der Waals surface area contributed by atoms with Crippen molar-refractivity contribution in [2.75, 3.05) is 0 Å². The van der Waals surface area contributed by atoms with Crippen LogP contribution in [0.1, 0.15) is 29.3 Å². The Labute approximate surface area is 85.4 Å². The van der Waals surface area contributed by atoms with Gasteiger partial charge in [0.25, 0.3) is 0 Å². The van der Waals surface area contributed by atoms with Crippen LogP contribution in [0, 0.1) is 0 Å². The number of rotatable bonds is 3. The monoisotopic (exact) mass is 211 g/mol. The molecule has 4 heteroatoms. The molecule has 0 radical (unpaired) electrons. The minimum absolute atomic E-state index is 0.294. The summed E-state index contributed by atoms with van der Waals surface area (Å²) in [6.45, 7) is 1.98. The highest BCUT2D eigenvalue weighted by molar-refractivity contribution is 7.95. The number of carbonyl (C=O) groups is 1. The van der Waals surface area contributed by atoms with Gasteiger partial charge in [-0.2, -0.15) is 0 Å². The summed E-state index contributed by atoms with van der Waals surface area (Å²) >= 11 is -2.66. The molecule has 1 aromatic carbocycles. The Bertz CT molecular complexity index is 360. The van der Waals surface area contributed by atoms with E-state index in [4.69, 9.17) is 0 Å². The van der Waals surface area contributed by atoms with Gasteiger partial charge in [0.2, 0.25) is 5.12 Å². The summed E-state index contributed by atoms with van der Waals surface area (Å²) < 4.78 is 21.0. The lowest BCUT2D eigenvalue weighted by Crippen LogP contribution is -2.09. The van der Waals surface area contributed by atoms with Gasteiger partial charge >= 0.3 is 0 Å². The first-order chi connectivity index (χ1) is 6.66. The van der Waals surface area contributed by atoms with Crippen molar-refractivity contribution in [1.29, 1.82) is 0 Å². The van der Waals surface area contributed by atoms with E-state index in [0.717, 1.165) is 18.4 Å². The Morgan fingerprint density at radius 1 is 1.43 bits per heavy atom. The summed E-state index contributed by atoms with van der Waals surface area (Å²) in [5, 5.41) is -0.825. The van der Waals surface area contributed by atoms with E-state index < -0.39 is 16.2 Å². The average molecular weight is 211 g/mol. The van der Waals surface area contributed by atoms with Gasteiger partial charge < -0.3 is 4.55 Å². The van der Waals surface area contributed by atoms with Crippen LogP contribution in [0.3, 0.4) is 0 Å². The van der Waals surface area contributed by atoms with Gasteiger partial charge in [0.1, 0.15) is 0 Å². The number of hydrogen-bond donors (Lipinski definition) is 0. The molecule has 1 atom stereocenters. The molecule has 0 saturated carbocycles.